The molecule has 1 saturated heterocycles. The van der Waals surface area contributed by atoms with Crippen LogP contribution >= 0.6 is 0 Å². The first-order chi connectivity index (χ1) is 14.4. The number of ether oxygens (including phenoxy) is 1. The predicted octanol–water partition coefficient (Wildman–Crippen LogP) is 3.91. The Balaban J connectivity index is 1.81. The van der Waals surface area contributed by atoms with Crippen molar-refractivity contribution in [2.45, 2.75) is 39.5 Å². The van der Waals surface area contributed by atoms with E-state index in [-0.39, 0.29) is 5.92 Å². The van der Waals surface area contributed by atoms with Gasteiger partial charge in [0.05, 0.1) is 7.11 Å². The third-order valence-corrected chi connectivity index (χ3v) is 7.65. The maximum absolute atomic E-state index is 13.0. The summed E-state index contributed by atoms with van der Waals surface area (Å²) in [5.74, 6) is 0.866. The zero-order valence-corrected chi connectivity index (χ0v) is 19.1. The minimum Gasteiger partial charge on any atom is -0.497 e. The summed E-state index contributed by atoms with van der Waals surface area (Å²) < 4.78 is 34.4. The molecule has 8 heteroatoms. The summed E-state index contributed by atoms with van der Waals surface area (Å²) in [5.41, 5.74) is 3.70. The molecule has 30 heavy (non-hydrogen) atoms. The van der Waals surface area contributed by atoms with Gasteiger partial charge in [0.2, 0.25) is 0 Å². The molecule has 1 aromatic carbocycles. The number of hydrogen-bond donors (Lipinski definition) is 1. The monoisotopic (exact) mass is 432 g/mol. The molecule has 0 spiro atoms. The molecule has 164 valence electrons. The third kappa shape index (κ3) is 5.11. The van der Waals surface area contributed by atoms with Gasteiger partial charge < -0.3 is 10.1 Å². The highest BCUT2D eigenvalue weighted by Crippen LogP contribution is 2.31. The summed E-state index contributed by atoms with van der Waals surface area (Å²) in [7, 11) is -1.78. The molecule has 1 aliphatic heterocycles. The SMILES string of the molecule is CCN(CC)S(=O)(=O)N1CCC[C@H](c2cc(Nc3cccc(OC)c3)cc(C)n2)C1. The van der Waals surface area contributed by atoms with Crippen LogP contribution in [0.2, 0.25) is 0 Å². The number of aromatic nitrogens is 1. The predicted molar refractivity (Wildman–Crippen MR) is 121 cm³/mol. The third-order valence-electron chi connectivity index (χ3n) is 5.49. The van der Waals surface area contributed by atoms with Crippen molar-refractivity contribution in [3.05, 3.63) is 47.8 Å². The molecule has 2 aromatic rings. The number of piperidine rings is 1. The van der Waals surface area contributed by atoms with E-state index < -0.39 is 10.2 Å². The highest BCUT2D eigenvalue weighted by molar-refractivity contribution is 7.86. The molecule has 7 nitrogen and oxygen atoms in total. The maximum atomic E-state index is 13.0. The van der Waals surface area contributed by atoms with Crippen molar-refractivity contribution >= 4 is 21.6 Å². The molecule has 0 amide bonds. The maximum Gasteiger partial charge on any atom is 0.281 e. The number of nitrogens with zero attached hydrogens (tertiary/aromatic N) is 3. The lowest BCUT2D eigenvalue weighted by Crippen LogP contribution is -2.47. The van der Waals surface area contributed by atoms with Crippen molar-refractivity contribution in [1.82, 2.24) is 13.6 Å². The van der Waals surface area contributed by atoms with Gasteiger partial charge in [0, 0.05) is 60.9 Å². The van der Waals surface area contributed by atoms with Crippen LogP contribution in [0.15, 0.2) is 36.4 Å². The molecule has 1 atom stereocenters. The second-order valence-electron chi connectivity index (χ2n) is 7.57. The van der Waals surface area contributed by atoms with Gasteiger partial charge in [-0.25, -0.2) is 0 Å². The fourth-order valence-electron chi connectivity index (χ4n) is 3.95. The van der Waals surface area contributed by atoms with Crippen LogP contribution in [0.1, 0.15) is 44.0 Å². The Bertz CT molecular complexity index is 961. The van der Waals surface area contributed by atoms with E-state index in [2.05, 4.69) is 5.32 Å². The Morgan fingerprint density at radius 1 is 1.20 bits per heavy atom. The van der Waals surface area contributed by atoms with Crippen LogP contribution in [0, 0.1) is 6.92 Å². The van der Waals surface area contributed by atoms with Gasteiger partial charge in [-0.05, 0) is 44.0 Å². The van der Waals surface area contributed by atoms with Gasteiger partial charge in [-0.1, -0.05) is 19.9 Å². The number of hydrogen-bond acceptors (Lipinski definition) is 5. The van der Waals surface area contributed by atoms with Gasteiger partial charge in [0.15, 0.2) is 0 Å². The van der Waals surface area contributed by atoms with Gasteiger partial charge in [-0.2, -0.15) is 17.0 Å². The number of anilines is 2. The Morgan fingerprint density at radius 2 is 1.97 bits per heavy atom. The minimum absolute atomic E-state index is 0.0786. The van der Waals surface area contributed by atoms with Crippen LogP contribution in [0.25, 0.3) is 0 Å². The van der Waals surface area contributed by atoms with Crippen molar-refractivity contribution in [1.29, 1.82) is 0 Å². The molecule has 3 rings (SSSR count). The normalized spacial score (nSPS) is 17.8. The Kier molecular flexibility index (Phi) is 7.33. The first-order valence-corrected chi connectivity index (χ1v) is 11.9. The zero-order valence-electron chi connectivity index (χ0n) is 18.3. The Labute approximate surface area is 180 Å². The number of aryl methyl sites for hydroxylation is 1. The zero-order chi connectivity index (χ0) is 21.7. The molecule has 0 bridgehead atoms. The van der Waals surface area contributed by atoms with Crippen LogP contribution in [0.4, 0.5) is 11.4 Å². The highest BCUT2D eigenvalue weighted by atomic mass is 32.2. The number of methoxy groups -OCH3 is 1. The first-order valence-electron chi connectivity index (χ1n) is 10.5. The van der Waals surface area contributed by atoms with Gasteiger partial charge in [0.25, 0.3) is 10.2 Å². The second-order valence-corrected chi connectivity index (χ2v) is 9.50. The molecule has 1 aliphatic rings. The summed E-state index contributed by atoms with van der Waals surface area (Å²) in [6.07, 6.45) is 1.76. The molecule has 1 aromatic heterocycles. The summed E-state index contributed by atoms with van der Waals surface area (Å²) in [6, 6.07) is 11.8. The van der Waals surface area contributed by atoms with Crippen molar-refractivity contribution < 1.29 is 13.2 Å². The molecule has 2 heterocycles. The Hall–Kier alpha value is -2.16. The van der Waals surface area contributed by atoms with Gasteiger partial charge in [-0.15, -0.1) is 0 Å². The lowest BCUT2D eigenvalue weighted by atomic mass is 9.95. The van der Waals surface area contributed by atoms with E-state index in [9.17, 15) is 8.42 Å². The molecule has 1 N–H and O–H groups in total. The largest absolute Gasteiger partial charge is 0.497 e. The Morgan fingerprint density at radius 3 is 2.67 bits per heavy atom. The fraction of sp³-hybridized carbons (Fsp3) is 0.500. The van der Waals surface area contributed by atoms with E-state index in [1.165, 1.54) is 4.31 Å². The van der Waals surface area contributed by atoms with Gasteiger partial charge >= 0.3 is 0 Å². The molecule has 0 saturated carbocycles. The summed E-state index contributed by atoms with van der Waals surface area (Å²) >= 11 is 0. The average Bonchev–Trinajstić information content (AvgIpc) is 2.74. The second kappa shape index (κ2) is 9.76. The van der Waals surface area contributed by atoms with Crippen LogP contribution in [-0.2, 0) is 10.2 Å². The van der Waals surface area contributed by atoms with Crippen molar-refractivity contribution in [2.24, 2.45) is 0 Å². The van der Waals surface area contributed by atoms with Crippen molar-refractivity contribution in [3.63, 3.8) is 0 Å². The molecule has 1 fully saturated rings. The van der Waals surface area contributed by atoms with Crippen molar-refractivity contribution in [3.8, 4) is 5.75 Å². The molecule has 0 radical (unpaired) electrons. The minimum atomic E-state index is -3.43. The van der Waals surface area contributed by atoms with E-state index in [0.29, 0.717) is 26.2 Å². The van der Waals surface area contributed by atoms with E-state index >= 15 is 0 Å². The van der Waals surface area contributed by atoms with Crippen molar-refractivity contribution in [2.75, 3.05) is 38.6 Å². The fourth-order valence-corrected chi connectivity index (χ4v) is 5.66. The van der Waals surface area contributed by atoms with E-state index in [1.807, 2.05) is 57.2 Å². The van der Waals surface area contributed by atoms with E-state index in [4.69, 9.17) is 9.72 Å². The number of pyridine rings is 1. The number of benzene rings is 1. The van der Waals surface area contributed by atoms with Gasteiger partial charge in [0.1, 0.15) is 5.75 Å². The molecule has 0 unspecified atom stereocenters. The smallest absolute Gasteiger partial charge is 0.281 e. The number of nitrogens with one attached hydrogen (secondary N) is 1. The quantitative estimate of drug-likeness (QED) is 0.685. The standard InChI is InChI=1S/C22H32N4O3S/c1-5-25(6-2)30(27,28)26-12-8-9-18(16-26)22-15-20(13-17(3)23-22)24-19-10-7-11-21(14-19)29-4/h7,10-11,13-15,18H,5-6,8-9,12,16H2,1-4H3,(H,23,24)/t18-/m0/s1. The van der Waals surface area contributed by atoms with Gasteiger partial charge in [-0.3, -0.25) is 4.98 Å². The number of rotatable bonds is 8. The molecule has 0 aliphatic carbocycles. The van der Waals surface area contributed by atoms with Crippen LogP contribution in [0.3, 0.4) is 0 Å². The van der Waals surface area contributed by atoms with E-state index in [1.54, 1.807) is 11.4 Å². The summed E-state index contributed by atoms with van der Waals surface area (Å²) in [4.78, 5) is 4.73. The molecular weight excluding hydrogens is 400 g/mol. The summed E-state index contributed by atoms with van der Waals surface area (Å²) in [6.45, 7) is 7.72. The average molecular weight is 433 g/mol. The highest BCUT2D eigenvalue weighted by Gasteiger charge is 2.33. The van der Waals surface area contributed by atoms with Crippen LogP contribution in [-0.4, -0.2) is 55.3 Å². The summed E-state index contributed by atoms with van der Waals surface area (Å²) in [5, 5.41) is 3.42. The van der Waals surface area contributed by atoms with E-state index in [0.717, 1.165) is 41.4 Å². The first kappa shape index (κ1) is 22.5. The lowest BCUT2D eigenvalue weighted by Gasteiger charge is -2.35. The molecular formula is C22H32N4O3S. The van der Waals surface area contributed by atoms with Crippen LogP contribution < -0.4 is 10.1 Å². The lowest BCUT2D eigenvalue weighted by molar-refractivity contribution is 0.285. The topological polar surface area (TPSA) is 74.8 Å². The van der Waals surface area contributed by atoms with Crippen LogP contribution in [0.5, 0.6) is 5.75 Å².